The fraction of sp³-hybridized carbons (Fsp3) is 0.379. The van der Waals surface area contributed by atoms with Gasteiger partial charge in [-0.3, -0.25) is 9.59 Å². The smallest absolute Gasteiger partial charge is 0.253 e. The zero-order chi connectivity index (χ0) is 26.7. The highest BCUT2D eigenvalue weighted by atomic mass is 32.1. The summed E-state index contributed by atoms with van der Waals surface area (Å²) in [5.41, 5.74) is 3.11. The van der Waals surface area contributed by atoms with Crippen LogP contribution in [0.15, 0.2) is 60.0 Å². The van der Waals surface area contributed by atoms with Crippen molar-refractivity contribution in [1.29, 1.82) is 0 Å². The summed E-state index contributed by atoms with van der Waals surface area (Å²) in [6.07, 6.45) is 1.05. The van der Waals surface area contributed by atoms with Crippen LogP contribution >= 0.6 is 11.3 Å². The summed E-state index contributed by atoms with van der Waals surface area (Å²) in [6.45, 7) is 6.86. The lowest BCUT2D eigenvalue weighted by atomic mass is 10.1. The second kappa shape index (κ2) is 13.8. The number of methoxy groups -OCH3 is 1. The van der Waals surface area contributed by atoms with Crippen LogP contribution in [0, 0.1) is 0 Å². The third kappa shape index (κ3) is 7.26. The lowest BCUT2D eigenvalue weighted by molar-refractivity contribution is -0.115. The van der Waals surface area contributed by atoms with Crippen LogP contribution in [-0.2, 0) is 16.0 Å². The van der Waals surface area contributed by atoms with Gasteiger partial charge in [-0.25, -0.2) is 0 Å². The molecule has 2 heterocycles. The lowest BCUT2D eigenvalue weighted by Crippen LogP contribution is -2.47. The molecule has 0 bridgehead atoms. The summed E-state index contributed by atoms with van der Waals surface area (Å²) < 4.78 is 10.9. The molecule has 0 atom stereocenters. The van der Waals surface area contributed by atoms with Crippen LogP contribution in [0.25, 0.3) is 0 Å². The van der Waals surface area contributed by atoms with E-state index in [1.165, 1.54) is 0 Å². The minimum atomic E-state index is -0.155. The number of hydrogen-bond donors (Lipinski definition) is 2. The molecule has 2 amide bonds. The molecule has 1 aromatic heterocycles. The van der Waals surface area contributed by atoms with Gasteiger partial charge in [-0.1, -0.05) is 18.2 Å². The van der Waals surface area contributed by atoms with Crippen LogP contribution in [0.5, 0.6) is 5.75 Å². The molecule has 3 aromatic rings. The molecular formula is C29H36N4O4S. The van der Waals surface area contributed by atoms with E-state index >= 15 is 0 Å². The van der Waals surface area contributed by atoms with E-state index in [1.807, 2.05) is 54.8 Å². The molecule has 8 nitrogen and oxygen atoms in total. The number of thiophene rings is 1. The summed E-state index contributed by atoms with van der Waals surface area (Å²) in [6, 6.07) is 17.5. The third-order valence-electron chi connectivity index (χ3n) is 6.44. The van der Waals surface area contributed by atoms with Crippen molar-refractivity contribution in [2.45, 2.75) is 19.8 Å². The number of para-hydroxylation sites is 2. The van der Waals surface area contributed by atoms with E-state index in [1.54, 1.807) is 24.5 Å². The molecule has 1 aliphatic rings. The molecule has 9 heteroatoms. The highest BCUT2D eigenvalue weighted by Gasteiger charge is 2.24. The average Bonchev–Trinajstić information content (AvgIpc) is 3.45. The predicted octanol–water partition coefficient (Wildman–Crippen LogP) is 4.42. The first-order valence-corrected chi connectivity index (χ1v) is 13.9. The fourth-order valence-electron chi connectivity index (χ4n) is 4.54. The minimum Gasteiger partial charge on any atom is -0.495 e. The van der Waals surface area contributed by atoms with Gasteiger partial charge < -0.3 is 29.9 Å². The third-order valence-corrected chi connectivity index (χ3v) is 7.32. The fourth-order valence-corrected chi connectivity index (χ4v) is 5.25. The second-order valence-corrected chi connectivity index (χ2v) is 10.0. The van der Waals surface area contributed by atoms with Gasteiger partial charge in [0.1, 0.15) is 5.75 Å². The predicted molar refractivity (Wildman–Crippen MR) is 154 cm³/mol. The van der Waals surface area contributed by atoms with Gasteiger partial charge in [0, 0.05) is 62.2 Å². The van der Waals surface area contributed by atoms with E-state index in [2.05, 4.69) is 26.5 Å². The molecule has 38 heavy (non-hydrogen) atoms. The van der Waals surface area contributed by atoms with Crippen LogP contribution in [0.1, 0.15) is 28.6 Å². The lowest BCUT2D eigenvalue weighted by Gasteiger charge is -2.38. The maximum Gasteiger partial charge on any atom is 0.253 e. The van der Waals surface area contributed by atoms with Crippen molar-refractivity contribution in [3.05, 3.63) is 70.4 Å². The molecule has 1 fully saturated rings. The second-order valence-electron chi connectivity index (χ2n) is 8.99. The summed E-state index contributed by atoms with van der Waals surface area (Å²) in [4.78, 5) is 31.4. The van der Waals surface area contributed by atoms with Crippen LogP contribution in [0.2, 0.25) is 0 Å². The Morgan fingerprint density at radius 2 is 1.74 bits per heavy atom. The van der Waals surface area contributed by atoms with Crippen molar-refractivity contribution in [3.63, 3.8) is 0 Å². The molecular weight excluding hydrogens is 500 g/mol. The number of benzene rings is 2. The van der Waals surface area contributed by atoms with Crippen LogP contribution in [0.3, 0.4) is 0 Å². The van der Waals surface area contributed by atoms with Gasteiger partial charge in [0.2, 0.25) is 5.91 Å². The molecule has 2 aromatic carbocycles. The Kier molecular flexibility index (Phi) is 10.0. The van der Waals surface area contributed by atoms with E-state index in [0.717, 1.165) is 54.6 Å². The van der Waals surface area contributed by atoms with Crippen molar-refractivity contribution in [2.24, 2.45) is 0 Å². The number of ether oxygens (including phenoxy) is 2. The Morgan fingerprint density at radius 1 is 0.974 bits per heavy atom. The Hall–Kier alpha value is -3.56. The van der Waals surface area contributed by atoms with Gasteiger partial charge in [-0.05, 0) is 55.1 Å². The first-order valence-electron chi connectivity index (χ1n) is 13.0. The number of amides is 2. The van der Waals surface area contributed by atoms with Crippen LogP contribution in [-0.4, -0.2) is 64.9 Å². The maximum absolute atomic E-state index is 13.3. The molecule has 0 spiro atoms. The van der Waals surface area contributed by atoms with E-state index in [9.17, 15) is 9.59 Å². The zero-order valence-corrected chi connectivity index (χ0v) is 22.9. The number of nitrogens with zero attached hydrogens (tertiary/aromatic N) is 2. The summed E-state index contributed by atoms with van der Waals surface area (Å²) in [5.74, 6) is 0.599. The van der Waals surface area contributed by atoms with E-state index < -0.39 is 0 Å². The summed E-state index contributed by atoms with van der Waals surface area (Å²) >= 11 is 1.55. The van der Waals surface area contributed by atoms with Crippen LogP contribution in [0.4, 0.5) is 17.1 Å². The quantitative estimate of drug-likeness (QED) is 0.334. The first-order chi connectivity index (χ1) is 18.6. The number of rotatable bonds is 12. The number of anilines is 3. The molecule has 1 saturated heterocycles. The highest BCUT2D eigenvalue weighted by Crippen LogP contribution is 2.31. The molecule has 0 radical (unpaired) electrons. The number of nitrogens with one attached hydrogen (secondary N) is 2. The first kappa shape index (κ1) is 27.5. The van der Waals surface area contributed by atoms with Crippen molar-refractivity contribution >= 4 is 40.2 Å². The molecule has 0 unspecified atom stereocenters. The van der Waals surface area contributed by atoms with Gasteiger partial charge >= 0.3 is 0 Å². The number of hydrogen-bond acceptors (Lipinski definition) is 7. The van der Waals surface area contributed by atoms with Crippen molar-refractivity contribution < 1.29 is 19.1 Å². The Bertz CT molecular complexity index is 1190. The molecule has 0 saturated carbocycles. The van der Waals surface area contributed by atoms with Gasteiger partial charge in [-0.15, -0.1) is 11.3 Å². The maximum atomic E-state index is 13.3. The molecule has 2 N–H and O–H groups in total. The monoisotopic (exact) mass is 536 g/mol. The minimum absolute atomic E-state index is 0.103. The zero-order valence-electron chi connectivity index (χ0n) is 22.1. The Morgan fingerprint density at radius 3 is 2.45 bits per heavy atom. The Balaban J connectivity index is 1.47. The van der Waals surface area contributed by atoms with E-state index in [0.29, 0.717) is 37.4 Å². The number of carbonyl (C=O) groups excluding carboxylic acids is 2. The Labute approximate surface area is 228 Å². The molecule has 4 rings (SSSR count). The van der Waals surface area contributed by atoms with E-state index in [4.69, 9.17) is 9.47 Å². The highest BCUT2D eigenvalue weighted by molar-refractivity contribution is 7.10. The molecule has 202 valence electrons. The van der Waals surface area contributed by atoms with Crippen LogP contribution < -0.4 is 25.2 Å². The largest absolute Gasteiger partial charge is 0.495 e. The normalized spacial score (nSPS) is 13.3. The van der Waals surface area contributed by atoms with Gasteiger partial charge in [0.25, 0.3) is 5.91 Å². The number of piperazine rings is 1. The number of carbonyl (C=O) groups is 2. The van der Waals surface area contributed by atoms with Gasteiger partial charge in [-0.2, -0.15) is 0 Å². The summed E-state index contributed by atoms with van der Waals surface area (Å²) in [7, 11) is 1.69. The topological polar surface area (TPSA) is 83.1 Å². The van der Waals surface area contributed by atoms with Gasteiger partial charge in [0.05, 0.1) is 24.8 Å². The van der Waals surface area contributed by atoms with Crippen molar-refractivity contribution in [2.75, 3.05) is 68.2 Å². The van der Waals surface area contributed by atoms with Crippen molar-refractivity contribution in [1.82, 2.24) is 5.32 Å². The van der Waals surface area contributed by atoms with Crippen molar-refractivity contribution in [3.8, 4) is 5.75 Å². The molecule has 1 aliphatic heterocycles. The van der Waals surface area contributed by atoms with Gasteiger partial charge in [0.15, 0.2) is 0 Å². The summed E-state index contributed by atoms with van der Waals surface area (Å²) in [5, 5.41) is 7.94. The van der Waals surface area contributed by atoms with E-state index in [-0.39, 0.29) is 11.8 Å². The average molecular weight is 537 g/mol. The SMILES string of the molecule is CCOCCCNC(=O)c1cc(NC(=O)Cc2cccs2)ccc1N1CCN(c2ccccc2OC)CC1. The molecule has 0 aliphatic carbocycles. The standard InChI is InChI=1S/C29H36N4O4S/c1-3-37-18-7-13-30-29(35)24-20-22(31-28(34)21-23-8-6-19-38-23)11-12-25(24)32-14-16-33(17-15-32)26-9-4-5-10-27(26)36-2/h4-6,8-12,19-20H,3,7,13-18,21H2,1-2H3,(H,30,35)(H,31,34).